The Hall–Kier alpha value is -2.56. The van der Waals surface area contributed by atoms with Crippen molar-refractivity contribution in [2.75, 3.05) is 26.4 Å². The summed E-state index contributed by atoms with van der Waals surface area (Å²) in [6.45, 7) is 0.294. The molecule has 0 aliphatic rings. The van der Waals surface area contributed by atoms with E-state index in [0.717, 1.165) is 10.8 Å². The first kappa shape index (κ1) is 14.8. The van der Waals surface area contributed by atoms with E-state index in [0.29, 0.717) is 17.8 Å². The number of nitrogens with one attached hydrogen (secondary N) is 1. The van der Waals surface area contributed by atoms with E-state index in [-0.39, 0.29) is 18.2 Å². The van der Waals surface area contributed by atoms with Gasteiger partial charge in [0.25, 0.3) is 5.91 Å². The lowest BCUT2D eigenvalue weighted by Gasteiger charge is -2.11. The number of nitrogens with two attached hydrogens (primary N) is 1. The third kappa shape index (κ3) is 3.51. The van der Waals surface area contributed by atoms with Crippen LogP contribution in [0.25, 0.3) is 10.8 Å². The molecular weight excluding hydrogens is 266 g/mol. The topological polar surface area (TPSA) is 75.4 Å². The molecule has 2 aromatic rings. The van der Waals surface area contributed by atoms with Crippen LogP contribution in [0, 0.1) is 0 Å². The van der Waals surface area contributed by atoms with Crippen molar-refractivity contribution in [3.8, 4) is 0 Å². The lowest BCUT2D eigenvalue weighted by Crippen LogP contribution is -2.30. The van der Waals surface area contributed by atoms with Crippen LogP contribution < -0.4 is 11.1 Å². The molecule has 2 aromatic carbocycles. The summed E-state index contributed by atoms with van der Waals surface area (Å²) >= 11 is 0. The average molecular weight is 285 g/mol. The lowest BCUT2D eigenvalue weighted by atomic mass is 10.0. The van der Waals surface area contributed by atoms with Gasteiger partial charge >= 0.3 is 0 Å². The number of nitrogen functional groups attached to an aromatic ring is 1. The number of hydrogen-bond donors (Lipinski definition) is 2. The molecule has 0 aliphatic carbocycles. The van der Waals surface area contributed by atoms with Gasteiger partial charge in [0.2, 0.25) is 5.91 Å². The number of amides is 2. The van der Waals surface area contributed by atoms with Crippen molar-refractivity contribution in [1.82, 2.24) is 10.2 Å². The van der Waals surface area contributed by atoms with Gasteiger partial charge in [-0.15, -0.1) is 0 Å². The van der Waals surface area contributed by atoms with Crippen molar-refractivity contribution in [2.24, 2.45) is 0 Å². The molecule has 5 heteroatoms. The first-order valence-corrected chi connectivity index (χ1v) is 6.75. The lowest BCUT2D eigenvalue weighted by molar-refractivity contribution is -0.128. The van der Waals surface area contributed by atoms with Crippen LogP contribution in [0.4, 0.5) is 5.69 Å². The highest BCUT2D eigenvalue weighted by atomic mass is 16.2. The fourth-order valence-electron chi connectivity index (χ4n) is 2.06. The number of nitrogens with zero attached hydrogens (tertiary/aromatic N) is 1. The van der Waals surface area contributed by atoms with Crippen molar-refractivity contribution in [3.05, 3.63) is 42.0 Å². The van der Waals surface area contributed by atoms with E-state index < -0.39 is 0 Å². The van der Waals surface area contributed by atoms with E-state index in [4.69, 9.17) is 5.73 Å². The van der Waals surface area contributed by atoms with Crippen molar-refractivity contribution in [2.45, 2.75) is 6.42 Å². The van der Waals surface area contributed by atoms with Gasteiger partial charge < -0.3 is 16.0 Å². The molecule has 0 bridgehead atoms. The zero-order valence-corrected chi connectivity index (χ0v) is 12.2. The normalized spacial score (nSPS) is 10.4. The first-order valence-electron chi connectivity index (χ1n) is 6.75. The third-order valence-corrected chi connectivity index (χ3v) is 3.29. The van der Waals surface area contributed by atoms with Gasteiger partial charge in [-0.25, -0.2) is 0 Å². The maximum atomic E-state index is 12.1. The number of carbonyl (C=O) groups is 2. The van der Waals surface area contributed by atoms with Crippen LogP contribution in [0.2, 0.25) is 0 Å². The smallest absolute Gasteiger partial charge is 0.253 e. The van der Waals surface area contributed by atoms with Crippen LogP contribution in [0.3, 0.4) is 0 Å². The van der Waals surface area contributed by atoms with Crippen molar-refractivity contribution in [1.29, 1.82) is 0 Å². The Morgan fingerprint density at radius 2 is 1.76 bits per heavy atom. The summed E-state index contributed by atoms with van der Waals surface area (Å²) in [5.74, 6) is -0.286. The van der Waals surface area contributed by atoms with Gasteiger partial charge in [-0.3, -0.25) is 9.59 Å². The van der Waals surface area contributed by atoms with Crippen LogP contribution in [0.1, 0.15) is 16.8 Å². The van der Waals surface area contributed by atoms with E-state index >= 15 is 0 Å². The van der Waals surface area contributed by atoms with Crippen LogP contribution in [0.5, 0.6) is 0 Å². The number of rotatable bonds is 4. The molecule has 0 aliphatic heterocycles. The summed E-state index contributed by atoms with van der Waals surface area (Å²) in [7, 11) is 3.37. The molecule has 0 saturated heterocycles. The van der Waals surface area contributed by atoms with Gasteiger partial charge in [0, 0.05) is 32.7 Å². The van der Waals surface area contributed by atoms with Gasteiger partial charge in [-0.2, -0.15) is 0 Å². The molecule has 0 radical (unpaired) electrons. The molecule has 0 aromatic heterocycles. The summed E-state index contributed by atoms with van der Waals surface area (Å²) in [5.41, 5.74) is 6.80. The molecule has 0 spiro atoms. The van der Waals surface area contributed by atoms with Crippen LogP contribution in [-0.2, 0) is 4.79 Å². The highest BCUT2D eigenvalue weighted by molar-refractivity contribution is 6.04. The molecule has 0 unspecified atom stereocenters. The maximum Gasteiger partial charge on any atom is 0.253 e. The molecule has 2 rings (SSSR count). The summed E-state index contributed by atoms with van der Waals surface area (Å²) in [6.07, 6.45) is 0.270. The summed E-state index contributed by atoms with van der Waals surface area (Å²) < 4.78 is 0. The van der Waals surface area contributed by atoms with Gasteiger partial charge in [0.15, 0.2) is 0 Å². The van der Waals surface area contributed by atoms with Gasteiger partial charge in [0.1, 0.15) is 0 Å². The molecule has 21 heavy (non-hydrogen) atoms. The van der Waals surface area contributed by atoms with Crippen LogP contribution in [0.15, 0.2) is 36.4 Å². The highest BCUT2D eigenvalue weighted by Crippen LogP contribution is 2.21. The molecule has 0 atom stereocenters. The molecule has 0 fully saturated rings. The van der Waals surface area contributed by atoms with Crippen molar-refractivity contribution in [3.63, 3.8) is 0 Å². The van der Waals surface area contributed by atoms with Gasteiger partial charge in [-0.05, 0) is 22.9 Å². The number of anilines is 1. The number of fused-ring (bicyclic) bond motifs is 1. The third-order valence-electron chi connectivity index (χ3n) is 3.29. The minimum atomic E-state index is -0.259. The van der Waals surface area contributed by atoms with Crippen molar-refractivity contribution >= 4 is 28.3 Å². The van der Waals surface area contributed by atoms with E-state index in [1.165, 1.54) is 4.90 Å². The monoisotopic (exact) mass is 285 g/mol. The Bertz CT molecular complexity index is 680. The zero-order chi connectivity index (χ0) is 15.4. The number of hydrogen-bond acceptors (Lipinski definition) is 3. The van der Waals surface area contributed by atoms with E-state index in [2.05, 4.69) is 5.32 Å². The number of benzene rings is 2. The van der Waals surface area contributed by atoms with E-state index in [9.17, 15) is 9.59 Å². The SMILES string of the molecule is CN(C)C(=O)CCNC(=O)c1cc2ccccc2cc1N. The van der Waals surface area contributed by atoms with Gasteiger partial charge in [-0.1, -0.05) is 24.3 Å². The predicted octanol–water partition coefficient (Wildman–Crippen LogP) is 1.63. The minimum absolute atomic E-state index is 0.0261. The minimum Gasteiger partial charge on any atom is -0.398 e. The largest absolute Gasteiger partial charge is 0.398 e. The molecule has 3 N–H and O–H groups in total. The summed E-state index contributed by atoms with van der Waals surface area (Å²) in [4.78, 5) is 25.1. The second-order valence-corrected chi connectivity index (χ2v) is 5.08. The molecule has 5 nitrogen and oxygen atoms in total. The fourth-order valence-corrected chi connectivity index (χ4v) is 2.06. The Labute approximate surface area is 123 Å². The first-order chi connectivity index (χ1) is 9.99. The van der Waals surface area contributed by atoms with Crippen LogP contribution >= 0.6 is 0 Å². The predicted molar refractivity (Wildman–Crippen MR) is 84.0 cm³/mol. The second-order valence-electron chi connectivity index (χ2n) is 5.08. The second kappa shape index (κ2) is 6.26. The van der Waals surface area contributed by atoms with E-state index in [1.54, 1.807) is 26.2 Å². The molecular formula is C16H19N3O2. The quantitative estimate of drug-likeness (QED) is 0.838. The summed E-state index contributed by atoms with van der Waals surface area (Å²) in [5, 5.41) is 4.68. The van der Waals surface area contributed by atoms with Gasteiger partial charge in [0.05, 0.1) is 5.56 Å². The number of carbonyl (C=O) groups excluding carboxylic acids is 2. The Morgan fingerprint density at radius 1 is 1.14 bits per heavy atom. The van der Waals surface area contributed by atoms with E-state index in [1.807, 2.05) is 24.3 Å². The highest BCUT2D eigenvalue weighted by Gasteiger charge is 2.11. The average Bonchev–Trinajstić information content (AvgIpc) is 2.46. The summed E-state index contributed by atoms with van der Waals surface area (Å²) in [6, 6.07) is 11.3. The molecule has 0 saturated carbocycles. The molecule has 110 valence electrons. The Morgan fingerprint density at radius 3 is 2.38 bits per heavy atom. The maximum absolute atomic E-state index is 12.1. The van der Waals surface area contributed by atoms with Crippen LogP contribution in [-0.4, -0.2) is 37.4 Å². The van der Waals surface area contributed by atoms with Crippen molar-refractivity contribution < 1.29 is 9.59 Å². The Balaban J connectivity index is 2.09. The standard InChI is InChI=1S/C16H19N3O2/c1-19(2)15(20)7-8-18-16(21)13-9-11-5-3-4-6-12(11)10-14(13)17/h3-6,9-10H,7-8,17H2,1-2H3,(H,18,21). The molecule has 2 amide bonds. The zero-order valence-electron chi connectivity index (χ0n) is 12.2. The Kier molecular flexibility index (Phi) is 4.42. The molecule has 0 heterocycles. The fraction of sp³-hybridized carbons (Fsp3) is 0.250.